The molecule has 0 aliphatic heterocycles. The molecule has 0 bridgehead atoms. The van der Waals surface area contributed by atoms with Gasteiger partial charge in [-0.05, 0) is 44.1 Å². The average molecular weight is 269 g/mol. The third-order valence-electron chi connectivity index (χ3n) is 2.72. The van der Waals surface area contributed by atoms with Crippen LogP contribution in [0.5, 0.6) is 0 Å². The van der Waals surface area contributed by atoms with Crippen molar-refractivity contribution in [1.82, 2.24) is 5.32 Å². The van der Waals surface area contributed by atoms with E-state index in [1.54, 1.807) is 11.8 Å². The highest BCUT2D eigenvalue weighted by molar-refractivity contribution is 7.97. The summed E-state index contributed by atoms with van der Waals surface area (Å²) < 4.78 is 5.77. The van der Waals surface area contributed by atoms with Gasteiger partial charge in [0.05, 0.1) is 12.3 Å². The third-order valence-corrected chi connectivity index (χ3v) is 3.29. The monoisotopic (exact) mass is 269 g/mol. The zero-order valence-corrected chi connectivity index (χ0v) is 13.4. The Morgan fingerprint density at radius 2 is 1.72 bits per heavy atom. The zero-order chi connectivity index (χ0) is 13.8. The van der Waals surface area contributed by atoms with E-state index in [0.717, 1.165) is 30.2 Å². The molecule has 0 atom stereocenters. The molecule has 1 N–H and O–H groups in total. The summed E-state index contributed by atoms with van der Waals surface area (Å²) in [4.78, 5) is 0. The summed E-state index contributed by atoms with van der Waals surface area (Å²) >= 11 is 1.79. The molecule has 0 fully saturated rings. The third kappa shape index (κ3) is 5.96. The van der Waals surface area contributed by atoms with Gasteiger partial charge >= 0.3 is 0 Å². The van der Waals surface area contributed by atoms with Crippen molar-refractivity contribution in [1.29, 1.82) is 0 Å². The first kappa shape index (κ1) is 15.6. The van der Waals surface area contributed by atoms with Crippen LogP contribution in [0.1, 0.15) is 52.6 Å². The van der Waals surface area contributed by atoms with Crippen molar-refractivity contribution in [3.63, 3.8) is 0 Å². The Kier molecular flexibility index (Phi) is 5.35. The molecule has 1 rings (SSSR count). The van der Waals surface area contributed by atoms with E-state index in [1.165, 1.54) is 0 Å². The van der Waals surface area contributed by atoms with E-state index in [2.05, 4.69) is 58.3 Å². The molecule has 0 aromatic carbocycles. The first-order valence-electron chi connectivity index (χ1n) is 6.53. The van der Waals surface area contributed by atoms with Gasteiger partial charge in [0.25, 0.3) is 0 Å². The second kappa shape index (κ2) is 6.16. The molecule has 0 aliphatic carbocycles. The fourth-order valence-electron chi connectivity index (χ4n) is 2.45. The minimum absolute atomic E-state index is 0.130. The van der Waals surface area contributed by atoms with E-state index in [-0.39, 0.29) is 5.54 Å². The number of furan rings is 1. The van der Waals surface area contributed by atoms with Crippen LogP contribution in [-0.2, 0) is 12.3 Å². The van der Waals surface area contributed by atoms with Crippen molar-refractivity contribution >= 4 is 11.8 Å². The average Bonchev–Trinajstić information content (AvgIpc) is 2.60. The SMILES string of the molecule is CSCc1ccc(CNC(C)(C)CC(C)(C)C)o1. The molecular weight excluding hydrogens is 242 g/mol. The van der Waals surface area contributed by atoms with Crippen molar-refractivity contribution in [2.24, 2.45) is 5.41 Å². The molecular formula is C15H27NOS. The van der Waals surface area contributed by atoms with Crippen LogP contribution in [0.25, 0.3) is 0 Å². The maximum absolute atomic E-state index is 5.77. The van der Waals surface area contributed by atoms with Crippen LogP contribution in [0.3, 0.4) is 0 Å². The smallest absolute Gasteiger partial charge is 0.118 e. The minimum atomic E-state index is 0.130. The molecule has 0 amide bonds. The van der Waals surface area contributed by atoms with E-state index in [1.807, 2.05) is 0 Å². The van der Waals surface area contributed by atoms with Gasteiger partial charge in [0.1, 0.15) is 11.5 Å². The number of hydrogen-bond acceptors (Lipinski definition) is 3. The molecule has 2 nitrogen and oxygen atoms in total. The molecule has 1 heterocycles. The van der Waals surface area contributed by atoms with E-state index in [9.17, 15) is 0 Å². The normalized spacial score (nSPS) is 13.0. The van der Waals surface area contributed by atoms with Gasteiger partial charge in [0.15, 0.2) is 0 Å². The fourth-order valence-corrected chi connectivity index (χ4v) is 2.89. The molecule has 0 radical (unpaired) electrons. The van der Waals surface area contributed by atoms with Crippen LogP contribution in [0, 0.1) is 5.41 Å². The van der Waals surface area contributed by atoms with Crippen molar-refractivity contribution < 1.29 is 4.42 Å². The summed E-state index contributed by atoms with van der Waals surface area (Å²) in [6.07, 6.45) is 3.23. The summed E-state index contributed by atoms with van der Waals surface area (Å²) in [5.41, 5.74) is 0.467. The van der Waals surface area contributed by atoms with E-state index < -0.39 is 0 Å². The molecule has 0 aliphatic rings. The number of thioether (sulfide) groups is 1. The molecule has 0 unspecified atom stereocenters. The van der Waals surface area contributed by atoms with Crippen molar-refractivity contribution in [2.45, 2.75) is 58.9 Å². The summed E-state index contributed by atoms with van der Waals surface area (Å²) in [6, 6.07) is 4.15. The van der Waals surface area contributed by atoms with Crippen molar-refractivity contribution in [2.75, 3.05) is 6.26 Å². The number of rotatable bonds is 6. The largest absolute Gasteiger partial charge is 0.464 e. The predicted octanol–water partition coefficient (Wildman–Crippen LogP) is 4.45. The lowest BCUT2D eigenvalue weighted by atomic mass is 9.82. The summed E-state index contributed by atoms with van der Waals surface area (Å²) in [6.45, 7) is 12.1. The van der Waals surface area contributed by atoms with Crippen LogP contribution in [0.15, 0.2) is 16.5 Å². The first-order chi connectivity index (χ1) is 8.22. The molecule has 1 aromatic heterocycles. The van der Waals surface area contributed by atoms with Crippen LogP contribution in [-0.4, -0.2) is 11.8 Å². The molecule has 0 saturated carbocycles. The molecule has 0 saturated heterocycles. The van der Waals surface area contributed by atoms with Crippen LogP contribution in [0.4, 0.5) is 0 Å². The Morgan fingerprint density at radius 1 is 1.11 bits per heavy atom. The summed E-state index contributed by atoms with van der Waals surface area (Å²) in [7, 11) is 0. The Morgan fingerprint density at radius 3 is 2.28 bits per heavy atom. The first-order valence-corrected chi connectivity index (χ1v) is 7.93. The van der Waals surface area contributed by atoms with Gasteiger partial charge in [0.2, 0.25) is 0 Å². The molecule has 104 valence electrons. The highest BCUT2D eigenvalue weighted by Gasteiger charge is 2.24. The quantitative estimate of drug-likeness (QED) is 0.826. The Hall–Kier alpha value is -0.410. The molecule has 1 aromatic rings. The fraction of sp³-hybridized carbons (Fsp3) is 0.733. The lowest BCUT2D eigenvalue weighted by molar-refractivity contribution is 0.235. The maximum atomic E-state index is 5.77. The van der Waals surface area contributed by atoms with Crippen LogP contribution in [0.2, 0.25) is 0 Å². The number of hydrogen-bond donors (Lipinski definition) is 1. The number of nitrogens with one attached hydrogen (secondary N) is 1. The maximum Gasteiger partial charge on any atom is 0.118 e. The predicted molar refractivity (Wildman–Crippen MR) is 80.9 cm³/mol. The molecule has 18 heavy (non-hydrogen) atoms. The second-order valence-electron chi connectivity index (χ2n) is 6.78. The highest BCUT2D eigenvalue weighted by atomic mass is 32.2. The summed E-state index contributed by atoms with van der Waals surface area (Å²) in [5, 5.41) is 3.59. The van der Waals surface area contributed by atoms with Gasteiger partial charge in [-0.1, -0.05) is 20.8 Å². The van der Waals surface area contributed by atoms with Gasteiger partial charge in [-0.2, -0.15) is 11.8 Å². The van der Waals surface area contributed by atoms with Crippen LogP contribution >= 0.6 is 11.8 Å². The Bertz CT molecular complexity index is 363. The van der Waals surface area contributed by atoms with Gasteiger partial charge in [0, 0.05) is 5.54 Å². The standard InChI is InChI=1S/C15H27NOS/c1-14(2,3)11-15(4,5)16-9-12-7-8-13(17-12)10-18-6/h7-8,16H,9-11H2,1-6H3. The van der Waals surface area contributed by atoms with Crippen molar-refractivity contribution in [3.8, 4) is 0 Å². The van der Waals surface area contributed by atoms with Gasteiger partial charge in [-0.25, -0.2) is 0 Å². The van der Waals surface area contributed by atoms with E-state index >= 15 is 0 Å². The highest BCUT2D eigenvalue weighted by Crippen LogP contribution is 2.27. The van der Waals surface area contributed by atoms with Crippen molar-refractivity contribution in [3.05, 3.63) is 23.7 Å². The topological polar surface area (TPSA) is 25.2 Å². The lowest BCUT2D eigenvalue weighted by Gasteiger charge is -2.33. The second-order valence-corrected chi connectivity index (χ2v) is 7.64. The molecule has 0 spiro atoms. The Balaban J connectivity index is 2.48. The van der Waals surface area contributed by atoms with E-state index in [4.69, 9.17) is 4.42 Å². The molecule has 3 heteroatoms. The van der Waals surface area contributed by atoms with Crippen LogP contribution < -0.4 is 5.32 Å². The minimum Gasteiger partial charge on any atom is -0.464 e. The lowest BCUT2D eigenvalue weighted by Crippen LogP contribution is -2.41. The summed E-state index contributed by atoms with van der Waals surface area (Å²) in [5.74, 6) is 3.04. The Labute approximate surface area is 116 Å². The van der Waals surface area contributed by atoms with E-state index in [0.29, 0.717) is 5.41 Å². The van der Waals surface area contributed by atoms with Gasteiger partial charge in [-0.15, -0.1) is 0 Å². The van der Waals surface area contributed by atoms with Gasteiger partial charge < -0.3 is 9.73 Å². The zero-order valence-electron chi connectivity index (χ0n) is 12.6. The van der Waals surface area contributed by atoms with Gasteiger partial charge in [-0.3, -0.25) is 0 Å².